The van der Waals surface area contributed by atoms with Crippen LogP contribution in [0.3, 0.4) is 0 Å². The Hall–Kier alpha value is -2.67. The van der Waals surface area contributed by atoms with Crippen LogP contribution >= 0.6 is 22.9 Å². The fraction of sp³-hybridized carbons (Fsp3) is 0.217. The smallest absolute Gasteiger partial charge is 0.333 e. The van der Waals surface area contributed by atoms with Crippen LogP contribution in [0.2, 0.25) is 5.02 Å². The number of carboxylic acids is 1. The van der Waals surface area contributed by atoms with E-state index in [1.807, 2.05) is 54.7 Å². The number of rotatable bonds is 8. The van der Waals surface area contributed by atoms with Crippen molar-refractivity contribution < 1.29 is 14.6 Å². The molecule has 30 heavy (non-hydrogen) atoms. The van der Waals surface area contributed by atoms with Crippen molar-refractivity contribution in [3.63, 3.8) is 0 Å². The SMILES string of the molecule is CCOC(Cc1ccc2c(ccn2Cc2csc(-c3ccc(Cl)cc3)n2)c1)C(=O)O. The van der Waals surface area contributed by atoms with Crippen LogP contribution in [0.25, 0.3) is 21.5 Å². The summed E-state index contributed by atoms with van der Waals surface area (Å²) in [4.78, 5) is 16.1. The lowest BCUT2D eigenvalue weighted by Crippen LogP contribution is -2.26. The molecule has 0 aliphatic rings. The molecule has 0 saturated heterocycles. The Morgan fingerprint density at radius 3 is 2.77 bits per heavy atom. The first-order valence-electron chi connectivity index (χ1n) is 9.66. The zero-order valence-corrected chi connectivity index (χ0v) is 18.0. The van der Waals surface area contributed by atoms with E-state index in [0.717, 1.165) is 32.7 Å². The van der Waals surface area contributed by atoms with Crippen molar-refractivity contribution in [2.75, 3.05) is 6.61 Å². The Bertz CT molecular complexity index is 1170. The van der Waals surface area contributed by atoms with E-state index in [-0.39, 0.29) is 0 Å². The first kappa shape index (κ1) is 20.6. The number of ether oxygens (including phenoxy) is 1. The summed E-state index contributed by atoms with van der Waals surface area (Å²) in [7, 11) is 0. The lowest BCUT2D eigenvalue weighted by Gasteiger charge is -2.12. The van der Waals surface area contributed by atoms with E-state index >= 15 is 0 Å². The van der Waals surface area contributed by atoms with Gasteiger partial charge in [-0.05, 0) is 48.2 Å². The zero-order valence-electron chi connectivity index (χ0n) is 16.4. The number of carboxylic acid groups (broad SMARTS) is 1. The molecule has 1 unspecified atom stereocenters. The third kappa shape index (κ3) is 4.56. The molecule has 5 nitrogen and oxygen atoms in total. The third-order valence-electron chi connectivity index (χ3n) is 4.88. The standard InChI is InChI=1S/C23H21ClN2O3S/c1-2-29-21(23(27)28)12-15-3-8-20-17(11-15)9-10-26(20)13-19-14-30-22(25-19)16-4-6-18(24)7-5-16/h3-11,14,21H,2,12-13H2,1H3,(H,27,28). The second-order valence-corrected chi connectivity index (χ2v) is 8.27. The summed E-state index contributed by atoms with van der Waals surface area (Å²) < 4.78 is 7.48. The van der Waals surface area contributed by atoms with Crippen molar-refractivity contribution in [3.05, 3.63) is 76.4 Å². The lowest BCUT2D eigenvalue weighted by molar-refractivity contribution is -0.149. The molecule has 154 valence electrons. The van der Waals surface area contributed by atoms with Crippen LogP contribution in [0.15, 0.2) is 60.1 Å². The largest absolute Gasteiger partial charge is 0.479 e. The van der Waals surface area contributed by atoms with Gasteiger partial charge in [0.1, 0.15) is 5.01 Å². The molecule has 0 radical (unpaired) electrons. The molecular weight excluding hydrogens is 420 g/mol. The average Bonchev–Trinajstić information content (AvgIpc) is 3.36. The first-order chi connectivity index (χ1) is 14.5. The fourth-order valence-corrected chi connectivity index (χ4v) is 4.37. The highest BCUT2D eigenvalue weighted by Gasteiger charge is 2.18. The molecule has 7 heteroatoms. The van der Waals surface area contributed by atoms with Crippen LogP contribution in [0, 0.1) is 0 Å². The Balaban J connectivity index is 1.52. The predicted octanol–water partition coefficient (Wildman–Crippen LogP) is 5.50. The van der Waals surface area contributed by atoms with E-state index in [2.05, 4.69) is 9.95 Å². The molecule has 1 atom stereocenters. The number of aliphatic carboxylic acids is 1. The van der Waals surface area contributed by atoms with Crippen LogP contribution in [-0.4, -0.2) is 33.3 Å². The number of aromatic nitrogens is 2. The van der Waals surface area contributed by atoms with E-state index in [0.29, 0.717) is 24.6 Å². The minimum Gasteiger partial charge on any atom is -0.479 e. The van der Waals surface area contributed by atoms with Gasteiger partial charge in [0.2, 0.25) is 0 Å². The molecule has 0 fully saturated rings. The average molecular weight is 441 g/mol. The van der Waals surface area contributed by atoms with Gasteiger partial charge in [0.15, 0.2) is 6.10 Å². The molecule has 2 heterocycles. The highest BCUT2D eigenvalue weighted by Crippen LogP contribution is 2.26. The number of hydrogen-bond donors (Lipinski definition) is 1. The van der Waals surface area contributed by atoms with Gasteiger partial charge in [0, 0.05) is 40.7 Å². The Morgan fingerprint density at radius 2 is 2.03 bits per heavy atom. The molecular formula is C23H21ClN2O3S. The van der Waals surface area contributed by atoms with Gasteiger partial charge in [-0.25, -0.2) is 9.78 Å². The molecule has 2 aromatic heterocycles. The molecule has 0 bridgehead atoms. The molecule has 0 amide bonds. The summed E-state index contributed by atoms with van der Waals surface area (Å²) in [5.41, 5.74) is 4.08. The topological polar surface area (TPSA) is 64.4 Å². The van der Waals surface area contributed by atoms with Gasteiger partial charge in [-0.1, -0.05) is 29.8 Å². The number of thiazole rings is 1. The Morgan fingerprint density at radius 1 is 1.23 bits per heavy atom. The minimum absolute atomic E-state index is 0.348. The molecule has 4 aromatic rings. The maximum Gasteiger partial charge on any atom is 0.333 e. The third-order valence-corrected chi connectivity index (χ3v) is 6.07. The van der Waals surface area contributed by atoms with E-state index < -0.39 is 12.1 Å². The number of halogens is 1. The van der Waals surface area contributed by atoms with Gasteiger partial charge in [-0.15, -0.1) is 11.3 Å². The van der Waals surface area contributed by atoms with Crippen LogP contribution < -0.4 is 0 Å². The molecule has 0 spiro atoms. The normalized spacial score (nSPS) is 12.3. The first-order valence-corrected chi connectivity index (χ1v) is 10.9. The lowest BCUT2D eigenvalue weighted by atomic mass is 10.1. The molecule has 1 N–H and O–H groups in total. The van der Waals surface area contributed by atoms with Gasteiger partial charge in [-0.2, -0.15) is 0 Å². The quantitative estimate of drug-likeness (QED) is 0.393. The van der Waals surface area contributed by atoms with Crippen molar-refractivity contribution in [3.8, 4) is 10.6 Å². The summed E-state index contributed by atoms with van der Waals surface area (Å²) in [6.07, 6.45) is 1.56. The van der Waals surface area contributed by atoms with Gasteiger partial charge in [0.25, 0.3) is 0 Å². The molecule has 0 saturated carbocycles. The summed E-state index contributed by atoms with van der Waals surface area (Å²) in [5.74, 6) is -0.936. The summed E-state index contributed by atoms with van der Waals surface area (Å²) in [6, 6.07) is 15.8. The van der Waals surface area contributed by atoms with Crippen LogP contribution in [0.5, 0.6) is 0 Å². The van der Waals surface area contributed by atoms with E-state index in [4.69, 9.17) is 21.3 Å². The molecule has 0 aliphatic carbocycles. The van der Waals surface area contributed by atoms with Gasteiger partial charge in [0.05, 0.1) is 12.2 Å². The summed E-state index contributed by atoms with van der Waals surface area (Å²) >= 11 is 7.58. The number of fused-ring (bicyclic) bond motifs is 1. The van der Waals surface area contributed by atoms with Gasteiger partial charge < -0.3 is 14.4 Å². The zero-order chi connectivity index (χ0) is 21.1. The Labute approximate surface area is 183 Å². The van der Waals surface area contributed by atoms with Crippen molar-refractivity contribution in [1.82, 2.24) is 9.55 Å². The molecule has 0 aliphatic heterocycles. The van der Waals surface area contributed by atoms with Crippen molar-refractivity contribution in [1.29, 1.82) is 0 Å². The van der Waals surface area contributed by atoms with Crippen LogP contribution in [0.1, 0.15) is 18.2 Å². The van der Waals surface area contributed by atoms with Gasteiger partial charge in [-0.3, -0.25) is 0 Å². The highest BCUT2D eigenvalue weighted by molar-refractivity contribution is 7.13. The fourth-order valence-electron chi connectivity index (χ4n) is 3.43. The van der Waals surface area contributed by atoms with Crippen molar-refractivity contribution >= 4 is 39.8 Å². The molecule has 2 aromatic carbocycles. The van der Waals surface area contributed by atoms with E-state index in [1.54, 1.807) is 18.3 Å². The number of hydrogen-bond acceptors (Lipinski definition) is 4. The maximum absolute atomic E-state index is 11.3. The number of nitrogens with zero attached hydrogens (tertiary/aromatic N) is 2. The summed E-state index contributed by atoms with van der Waals surface area (Å²) in [6.45, 7) is 2.85. The maximum atomic E-state index is 11.3. The highest BCUT2D eigenvalue weighted by atomic mass is 35.5. The Kier molecular flexibility index (Phi) is 6.18. The minimum atomic E-state index is -0.936. The van der Waals surface area contributed by atoms with Crippen LogP contribution in [0.4, 0.5) is 0 Å². The van der Waals surface area contributed by atoms with Crippen molar-refractivity contribution in [2.45, 2.75) is 26.0 Å². The number of carbonyl (C=O) groups is 1. The van der Waals surface area contributed by atoms with E-state index in [9.17, 15) is 9.90 Å². The van der Waals surface area contributed by atoms with Crippen LogP contribution in [-0.2, 0) is 22.5 Å². The predicted molar refractivity (Wildman–Crippen MR) is 120 cm³/mol. The van der Waals surface area contributed by atoms with E-state index in [1.165, 1.54) is 0 Å². The second-order valence-electron chi connectivity index (χ2n) is 6.97. The number of benzene rings is 2. The second kappa shape index (κ2) is 9.00. The summed E-state index contributed by atoms with van der Waals surface area (Å²) in [5, 5.41) is 14.1. The van der Waals surface area contributed by atoms with Crippen molar-refractivity contribution in [2.24, 2.45) is 0 Å². The van der Waals surface area contributed by atoms with Gasteiger partial charge >= 0.3 is 5.97 Å². The molecule has 4 rings (SSSR count). The monoisotopic (exact) mass is 440 g/mol.